The van der Waals surface area contributed by atoms with E-state index in [4.69, 9.17) is 19.2 Å². The highest BCUT2D eigenvalue weighted by Crippen LogP contribution is 2.31. The van der Waals surface area contributed by atoms with Crippen molar-refractivity contribution in [2.24, 2.45) is 0 Å². The van der Waals surface area contributed by atoms with Gasteiger partial charge in [0.25, 0.3) is 5.91 Å². The van der Waals surface area contributed by atoms with Gasteiger partial charge >= 0.3 is 0 Å². The van der Waals surface area contributed by atoms with E-state index in [0.717, 1.165) is 29.8 Å². The van der Waals surface area contributed by atoms with Crippen LogP contribution in [-0.2, 0) is 4.79 Å². The van der Waals surface area contributed by atoms with Gasteiger partial charge in [-0.15, -0.1) is 0 Å². The van der Waals surface area contributed by atoms with Gasteiger partial charge in [-0.05, 0) is 44.0 Å². The number of carbonyl (C=O) groups is 1. The molecule has 0 spiro atoms. The van der Waals surface area contributed by atoms with Crippen LogP contribution in [0.5, 0.6) is 11.5 Å². The van der Waals surface area contributed by atoms with Crippen LogP contribution in [0.2, 0.25) is 0 Å². The summed E-state index contributed by atoms with van der Waals surface area (Å²) in [4.78, 5) is 19.0. The first-order valence-corrected chi connectivity index (χ1v) is 10.1. The molecule has 0 aliphatic carbocycles. The Labute approximate surface area is 174 Å². The van der Waals surface area contributed by atoms with E-state index in [1.807, 2.05) is 36.1 Å². The lowest BCUT2D eigenvalue weighted by Gasteiger charge is -2.30. The molecule has 4 rings (SSSR count). The van der Waals surface area contributed by atoms with Crippen LogP contribution >= 0.6 is 0 Å². The Morgan fingerprint density at radius 2 is 2.00 bits per heavy atom. The zero-order valence-corrected chi connectivity index (χ0v) is 16.8. The first-order chi connectivity index (χ1) is 14.7. The maximum Gasteiger partial charge on any atom is 0.260 e. The number of carbonyl (C=O) groups excluding carboxylic acids is 1. The molecule has 1 aromatic heterocycles. The van der Waals surface area contributed by atoms with Crippen molar-refractivity contribution >= 4 is 17.0 Å². The second-order valence-corrected chi connectivity index (χ2v) is 7.17. The van der Waals surface area contributed by atoms with Crippen LogP contribution in [0.15, 0.2) is 46.9 Å². The maximum atomic E-state index is 12.6. The third-order valence-corrected chi connectivity index (χ3v) is 5.23. The maximum absolute atomic E-state index is 12.6. The summed E-state index contributed by atoms with van der Waals surface area (Å²) in [6.07, 6.45) is 1.61. The van der Waals surface area contributed by atoms with Gasteiger partial charge in [0.05, 0.1) is 18.2 Å². The molecule has 7 heteroatoms. The van der Waals surface area contributed by atoms with Crippen LogP contribution in [0.4, 0.5) is 0 Å². The fourth-order valence-corrected chi connectivity index (χ4v) is 3.64. The number of fused-ring (bicyclic) bond motifs is 1. The normalized spacial score (nSPS) is 14.5. The number of piperidine rings is 1. The monoisotopic (exact) mass is 405 g/mol. The lowest BCUT2D eigenvalue weighted by molar-refractivity contribution is -0.134. The summed E-state index contributed by atoms with van der Waals surface area (Å²) in [5.41, 5.74) is 2.15. The number of benzene rings is 2. The van der Waals surface area contributed by atoms with Crippen LogP contribution in [0, 0.1) is 11.3 Å². The Hall–Kier alpha value is -3.53. The number of amides is 1. The molecule has 1 fully saturated rings. The summed E-state index contributed by atoms with van der Waals surface area (Å²) >= 11 is 0. The quantitative estimate of drug-likeness (QED) is 0.618. The van der Waals surface area contributed by atoms with E-state index in [9.17, 15) is 4.79 Å². The largest absolute Gasteiger partial charge is 0.490 e. The first-order valence-electron chi connectivity index (χ1n) is 10.1. The highest BCUT2D eigenvalue weighted by molar-refractivity contribution is 5.78. The smallest absolute Gasteiger partial charge is 0.260 e. The SMILES string of the molecule is CCOc1cc(C#N)ccc1OCC(=O)N1CCC(c2nc3ccccc3o2)CC1. The van der Waals surface area contributed by atoms with Crippen LogP contribution in [0.1, 0.15) is 37.1 Å². The van der Waals surface area contributed by atoms with Crippen molar-refractivity contribution in [3.05, 3.63) is 53.9 Å². The minimum atomic E-state index is -0.0715. The zero-order chi connectivity index (χ0) is 20.9. The molecule has 1 aliphatic heterocycles. The predicted molar refractivity (Wildman–Crippen MR) is 110 cm³/mol. The highest BCUT2D eigenvalue weighted by atomic mass is 16.5. The van der Waals surface area contributed by atoms with E-state index >= 15 is 0 Å². The number of hydrogen-bond acceptors (Lipinski definition) is 6. The number of ether oxygens (including phenoxy) is 2. The third-order valence-electron chi connectivity index (χ3n) is 5.23. The van der Waals surface area contributed by atoms with Gasteiger partial charge in [0.15, 0.2) is 29.6 Å². The fraction of sp³-hybridized carbons (Fsp3) is 0.348. The summed E-state index contributed by atoms with van der Waals surface area (Å²) in [5.74, 6) is 1.83. The second kappa shape index (κ2) is 8.87. The molecular formula is C23H23N3O4. The fourth-order valence-electron chi connectivity index (χ4n) is 3.64. The average molecular weight is 405 g/mol. The average Bonchev–Trinajstić information content (AvgIpc) is 3.22. The van der Waals surface area contributed by atoms with Crippen molar-refractivity contribution in [1.82, 2.24) is 9.88 Å². The molecule has 0 saturated carbocycles. The Morgan fingerprint density at radius 1 is 1.20 bits per heavy atom. The first kappa shape index (κ1) is 19.8. The van der Waals surface area contributed by atoms with Crippen LogP contribution in [0.3, 0.4) is 0 Å². The number of nitrogens with zero attached hydrogens (tertiary/aromatic N) is 3. The van der Waals surface area contributed by atoms with Gasteiger partial charge in [-0.2, -0.15) is 5.26 Å². The molecule has 0 bridgehead atoms. The van der Waals surface area contributed by atoms with Gasteiger partial charge in [0.2, 0.25) is 0 Å². The van der Waals surface area contributed by atoms with E-state index in [2.05, 4.69) is 11.1 Å². The molecule has 0 radical (unpaired) electrons. The molecular weight excluding hydrogens is 382 g/mol. The molecule has 7 nitrogen and oxygen atoms in total. The molecule has 3 aromatic rings. The Morgan fingerprint density at radius 3 is 2.73 bits per heavy atom. The van der Waals surface area contributed by atoms with Gasteiger partial charge in [-0.1, -0.05) is 12.1 Å². The van der Waals surface area contributed by atoms with Crippen molar-refractivity contribution in [3.8, 4) is 17.6 Å². The van der Waals surface area contributed by atoms with Crippen LogP contribution in [-0.4, -0.2) is 42.1 Å². The standard InChI is InChI=1S/C23H23N3O4/c1-2-28-21-13-16(14-24)7-8-20(21)29-15-22(27)26-11-9-17(10-12-26)23-25-18-5-3-4-6-19(18)30-23/h3-8,13,17H,2,9-12,15H2,1H3. The summed E-state index contributed by atoms with van der Waals surface area (Å²) in [6.45, 7) is 3.51. The number of para-hydroxylation sites is 2. The number of oxazole rings is 1. The lowest BCUT2D eigenvalue weighted by Crippen LogP contribution is -2.40. The van der Waals surface area contributed by atoms with Crippen molar-refractivity contribution in [3.63, 3.8) is 0 Å². The Bertz CT molecular complexity index is 1040. The molecule has 1 aliphatic rings. The highest BCUT2D eigenvalue weighted by Gasteiger charge is 2.27. The molecule has 30 heavy (non-hydrogen) atoms. The summed E-state index contributed by atoms with van der Waals surface area (Å²) in [6, 6.07) is 14.7. The minimum absolute atomic E-state index is 0.0699. The molecule has 2 heterocycles. The molecule has 0 N–H and O–H groups in total. The van der Waals surface area contributed by atoms with E-state index in [0.29, 0.717) is 36.8 Å². The van der Waals surface area contributed by atoms with Crippen LogP contribution in [0.25, 0.3) is 11.1 Å². The van der Waals surface area contributed by atoms with Gasteiger partial charge in [-0.25, -0.2) is 4.98 Å². The number of aromatic nitrogens is 1. The van der Waals surface area contributed by atoms with E-state index in [1.54, 1.807) is 18.2 Å². The Balaban J connectivity index is 1.33. The summed E-state index contributed by atoms with van der Waals surface area (Å²) in [5, 5.41) is 9.04. The minimum Gasteiger partial charge on any atom is -0.490 e. The second-order valence-electron chi connectivity index (χ2n) is 7.17. The van der Waals surface area contributed by atoms with Gasteiger partial charge in [0, 0.05) is 25.1 Å². The van der Waals surface area contributed by atoms with Crippen molar-refractivity contribution in [2.75, 3.05) is 26.3 Å². The van der Waals surface area contributed by atoms with E-state index < -0.39 is 0 Å². The Kier molecular flexibility index (Phi) is 5.84. The van der Waals surface area contributed by atoms with E-state index in [-0.39, 0.29) is 18.4 Å². The molecule has 1 amide bonds. The molecule has 1 saturated heterocycles. The number of rotatable bonds is 6. The predicted octanol–water partition coefficient (Wildman–Crippen LogP) is 3.88. The molecule has 154 valence electrons. The summed E-state index contributed by atoms with van der Waals surface area (Å²) in [7, 11) is 0. The van der Waals surface area contributed by atoms with Crippen molar-refractivity contribution in [2.45, 2.75) is 25.7 Å². The zero-order valence-electron chi connectivity index (χ0n) is 16.8. The lowest BCUT2D eigenvalue weighted by atomic mass is 9.97. The number of nitriles is 1. The molecule has 2 aromatic carbocycles. The molecule has 0 atom stereocenters. The van der Waals surface area contributed by atoms with Gasteiger partial charge < -0.3 is 18.8 Å². The summed E-state index contributed by atoms with van der Waals surface area (Å²) < 4.78 is 17.1. The number of hydrogen-bond donors (Lipinski definition) is 0. The van der Waals surface area contributed by atoms with Crippen molar-refractivity contribution < 1.29 is 18.7 Å². The van der Waals surface area contributed by atoms with Crippen LogP contribution < -0.4 is 9.47 Å². The molecule has 0 unspecified atom stereocenters. The van der Waals surface area contributed by atoms with Gasteiger partial charge in [-0.3, -0.25) is 4.79 Å². The van der Waals surface area contributed by atoms with Gasteiger partial charge in [0.1, 0.15) is 5.52 Å². The topological polar surface area (TPSA) is 88.6 Å². The third kappa shape index (κ3) is 4.23. The van der Waals surface area contributed by atoms with Crippen molar-refractivity contribution in [1.29, 1.82) is 5.26 Å². The van der Waals surface area contributed by atoms with E-state index in [1.165, 1.54) is 0 Å². The number of likely N-dealkylation sites (tertiary alicyclic amines) is 1.